The Balaban J connectivity index is 1.82. The van der Waals surface area contributed by atoms with Gasteiger partial charge < -0.3 is 5.73 Å². The largest absolute Gasteiger partial charge is 0.366 e. The molecule has 2 atom stereocenters. The van der Waals surface area contributed by atoms with Crippen LogP contribution in [0.4, 0.5) is 0 Å². The lowest BCUT2D eigenvalue weighted by Gasteiger charge is -2.32. The van der Waals surface area contributed by atoms with E-state index in [1.807, 2.05) is 0 Å². The van der Waals surface area contributed by atoms with Crippen LogP contribution in [0.3, 0.4) is 0 Å². The lowest BCUT2D eigenvalue weighted by Crippen LogP contribution is -2.46. The molecule has 0 saturated carbocycles. The topological polar surface area (TPSA) is 92.5 Å². The van der Waals surface area contributed by atoms with E-state index in [1.165, 1.54) is 18.6 Å². The predicted molar refractivity (Wildman–Crippen MR) is 87.6 cm³/mol. The Hall–Kier alpha value is -1.44. The molecule has 7 heteroatoms. The van der Waals surface area contributed by atoms with Crippen molar-refractivity contribution in [2.24, 2.45) is 5.73 Å². The highest BCUT2D eigenvalue weighted by Crippen LogP contribution is 2.28. The Morgan fingerprint density at radius 2 is 2.04 bits per heavy atom. The average molecular weight is 337 g/mol. The molecule has 2 aliphatic heterocycles. The maximum Gasteiger partial charge on any atom is 0.249 e. The fourth-order valence-corrected chi connectivity index (χ4v) is 5.02. The fourth-order valence-electron chi connectivity index (χ4n) is 3.69. The van der Waals surface area contributed by atoms with Gasteiger partial charge in [0.2, 0.25) is 15.9 Å². The van der Waals surface area contributed by atoms with E-state index in [2.05, 4.69) is 9.62 Å². The van der Waals surface area contributed by atoms with Crippen LogP contribution in [-0.2, 0) is 10.0 Å². The molecule has 23 heavy (non-hydrogen) atoms. The van der Waals surface area contributed by atoms with Crippen molar-refractivity contribution in [3.8, 4) is 0 Å². The Morgan fingerprint density at radius 3 is 2.78 bits per heavy atom. The van der Waals surface area contributed by atoms with Gasteiger partial charge in [-0.2, -0.15) is 0 Å². The van der Waals surface area contributed by atoms with Gasteiger partial charge in [0.05, 0.1) is 4.90 Å². The summed E-state index contributed by atoms with van der Waals surface area (Å²) < 4.78 is 28.2. The highest BCUT2D eigenvalue weighted by molar-refractivity contribution is 7.89. The second-order valence-corrected chi connectivity index (χ2v) is 8.17. The maximum atomic E-state index is 12.7. The minimum atomic E-state index is -3.65. The van der Waals surface area contributed by atoms with Crippen molar-refractivity contribution in [3.63, 3.8) is 0 Å². The van der Waals surface area contributed by atoms with Crippen molar-refractivity contribution in [2.45, 2.75) is 49.6 Å². The molecule has 2 saturated heterocycles. The zero-order chi connectivity index (χ0) is 16.6. The van der Waals surface area contributed by atoms with E-state index in [9.17, 15) is 13.2 Å². The summed E-state index contributed by atoms with van der Waals surface area (Å²) in [5.74, 6) is -0.612. The number of hydrogen-bond donors (Lipinski definition) is 2. The van der Waals surface area contributed by atoms with Crippen molar-refractivity contribution in [1.82, 2.24) is 9.62 Å². The molecule has 3 rings (SSSR count). The van der Waals surface area contributed by atoms with Crippen LogP contribution in [0.15, 0.2) is 23.1 Å². The van der Waals surface area contributed by atoms with E-state index < -0.39 is 15.9 Å². The standard InChI is InChI=1S/C16H23N3O3S/c1-11-5-6-12(10-13(11)16(17)20)23(21,22)18-14-7-9-19-8-3-2-4-15(14)19/h5-6,10,14-15,18H,2-4,7-9H2,1H3,(H2,17,20)/t14-,15+/m0/s1. The number of rotatable bonds is 4. The summed E-state index contributed by atoms with van der Waals surface area (Å²) >= 11 is 0. The zero-order valence-corrected chi connectivity index (χ0v) is 14.1. The second-order valence-electron chi connectivity index (χ2n) is 6.46. The number of amides is 1. The number of fused-ring (bicyclic) bond motifs is 1. The molecule has 3 N–H and O–H groups in total. The summed E-state index contributed by atoms with van der Waals surface area (Å²) in [6, 6.07) is 4.75. The van der Waals surface area contributed by atoms with E-state index in [-0.39, 0.29) is 16.5 Å². The van der Waals surface area contributed by atoms with Gasteiger partial charge in [0.1, 0.15) is 0 Å². The molecular weight excluding hydrogens is 314 g/mol. The number of benzene rings is 1. The first-order valence-electron chi connectivity index (χ1n) is 8.05. The van der Waals surface area contributed by atoms with Crippen LogP contribution >= 0.6 is 0 Å². The number of piperidine rings is 1. The van der Waals surface area contributed by atoms with Gasteiger partial charge in [0.15, 0.2) is 0 Å². The first kappa shape index (κ1) is 16.4. The second kappa shape index (κ2) is 6.22. The summed E-state index contributed by atoms with van der Waals surface area (Å²) in [5, 5.41) is 0. The quantitative estimate of drug-likeness (QED) is 0.857. The van der Waals surface area contributed by atoms with E-state index in [1.54, 1.807) is 13.0 Å². The van der Waals surface area contributed by atoms with Gasteiger partial charge in [-0.1, -0.05) is 12.5 Å². The number of carbonyl (C=O) groups excluding carboxylic acids is 1. The van der Waals surface area contributed by atoms with Gasteiger partial charge in [0, 0.05) is 24.2 Å². The summed E-state index contributed by atoms with van der Waals surface area (Å²) in [6.07, 6.45) is 4.21. The number of hydrogen-bond acceptors (Lipinski definition) is 4. The molecule has 6 nitrogen and oxygen atoms in total. The predicted octanol–water partition coefficient (Wildman–Crippen LogP) is 0.999. The molecule has 2 aliphatic rings. The fraction of sp³-hybridized carbons (Fsp3) is 0.562. The van der Waals surface area contributed by atoms with Gasteiger partial charge in [-0.3, -0.25) is 9.69 Å². The molecule has 0 radical (unpaired) electrons. The minimum Gasteiger partial charge on any atom is -0.366 e. The molecule has 0 unspecified atom stereocenters. The lowest BCUT2D eigenvalue weighted by atomic mass is 10.00. The Labute approximate surface area is 137 Å². The van der Waals surface area contributed by atoms with Crippen LogP contribution in [0.25, 0.3) is 0 Å². The van der Waals surface area contributed by atoms with Crippen molar-refractivity contribution in [1.29, 1.82) is 0 Å². The van der Waals surface area contributed by atoms with Gasteiger partial charge in [-0.05, 0) is 50.4 Å². The molecule has 126 valence electrons. The molecular formula is C16H23N3O3S. The molecule has 0 bridgehead atoms. The number of nitrogens with two attached hydrogens (primary N) is 1. The SMILES string of the molecule is Cc1ccc(S(=O)(=O)N[C@H]2CCN3CCCC[C@H]23)cc1C(N)=O. The van der Waals surface area contributed by atoms with Crippen molar-refractivity contribution < 1.29 is 13.2 Å². The van der Waals surface area contributed by atoms with Crippen LogP contribution < -0.4 is 10.5 Å². The van der Waals surface area contributed by atoms with E-state index in [4.69, 9.17) is 5.73 Å². The molecule has 1 aromatic carbocycles. The average Bonchev–Trinajstić information content (AvgIpc) is 2.90. The molecule has 1 aromatic rings. The first-order chi connectivity index (χ1) is 10.9. The van der Waals surface area contributed by atoms with Gasteiger partial charge in [-0.25, -0.2) is 13.1 Å². The van der Waals surface area contributed by atoms with Gasteiger partial charge >= 0.3 is 0 Å². The highest BCUT2D eigenvalue weighted by Gasteiger charge is 2.37. The third-order valence-electron chi connectivity index (χ3n) is 4.95. The third-order valence-corrected chi connectivity index (χ3v) is 6.43. The zero-order valence-electron chi connectivity index (χ0n) is 13.3. The Morgan fingerprint density at radius 1 is 1.26 bits per heavy atom. The number of primary amides is 1. The van der Waals surface area contributed by atoms with Gasteiger partial charge in [-0.15, -0.1) is 0 Å². The van der Waals surface area contributed by atoms with Crippen molar-refractivity contribution in [2.75, 3.05) is 13.1 Å². The number of sulfonamides is 1. The molecule has 2 heterocycles. The molecule has 1 amide bonds. The van der Waals surface area contributed by atoms with Crippen LogP contribution in [0.1, 0.15) is 41.6 Å². The lowest BCUT2D eigenvalue weighted by molar-refractivity contribution is 0.0999. The highest BCUT2D eigenvalue weighted by atomic mass is 32.2. The number of nitrogens with one attached hydrogen (secondary N) is 1. The van der Waals surface area contributed by atoms with Crippen LogP contribution in [0.5, 0.6) is 0 Å². The molecule has 0 aromatic heterocycles. The third kappa shape index (κ3) is 3.27. The van der Waals surface area contributed by atoms with Gasteiger partial charge in [0.25, 0.3) is 0 Å². The maximum absolute atomic E-state index is 12.7. The summed E-state index contributed by atoms with van der Waals surface area (Å²) in [4.78, 5) is 13.9. The van der Waals surface area contributed by atoms with Crippen LogP contribution in [-0.4, -0.2) is 44.4 Å². The summed E-state index contributed by atoms with van der Waals surface area (Å²) in [6.45, 7) is 3.73. The number of carbonyl (C=O) groups is 1. The molecule has 0 aliphatic carbocycles. The summed E-state index contributed by atoms with van der Waals surface area (Å²) in [5.41, 5.74) is 6.24. The van der Waals surface area contributed by atoms with Crippen molar-refractivity contribution >= 4 is 15.9 Å². The van der Waals surface area contributed by atoms with E-state index in [0.29, 0.717) is 11.6 Å². The number of aryl methyl sites for hydroxylation is 1. The summed E-state index contributed by atoms with van der Waals surface area (Å²) in [7, 11) is -3.65. The van der Waals surface area contributed by atoms with E-state index >= 15 is 0 Å². The monoisotopic (exact) mass is 337 g/mol. The normalized spacial score (nSPS) is 25.3. The minimum absolute atomic E-state index is 0.0568. The smallest absolute Gasteiger partial charge is 0.249 e. The van der Waals surface area contributed by atoms with E-state index in [0.717, 1.165) is 32.4 Å². The molecule has 0 spiro atoms. The van der Waals surface area contributed by atoms with Crippen LogP contribution in [0, 0.1) is 6.92 Å². The van der Waals surface area contributed by atoms with Crippen LogP contribution in [0.2, 0.25) is 0 Å². The van der Waals surface area contributed by atoms with Crippen molar-refractivity contribution in [3.05, 3.63) is 29.3 Å². The molecule has 2 fully saturated rings. The number of nitrogens with zero attached hydrogens (tertiary/aromatic N) is 1. The Bertz CT molecular complexity index is 717. The first-order valence-corrected chi connectivity index (χ1v) is 9.53. The Kier molecular flexibility index (Phi) is 4.44.